The molecule has 0 saturated carbocycles. The summed E-state index contributed by atoms with van der Waals surface area (Å²) in [6, 6.07) is 11.2. The molecular formula is C13H11IN2O. The minimum Gasteiger partial charge on any atom is -0.320 e. The highest BCUT2D eigenvalue weighted by molar-refractivity contribution is 14.1. The standard InChI is InChI=1S/C13H11IN2O/c1-9-8-10(14)5-6-11(9)16-13(17)12-4-2-3-7-15-12/h2-8H,1H3,(H,16,17). The molecule has 2 rings (SSSR count). The number of pyridine rings is 1. The second-order valence-electron chi connectivity index (χ2n) is 3.63. The van der Waals surface area contributed by atoms with Crippen molar-refractivity contribution >= 4 is 34.2 Å². The van der Waals surface area contributed by atoms with Gasteiger partial charge >= 0.3 is 0 Å². The molecule has 0 aliphatic rings. The third-order valence-corrected chi connectivity index (χ3v) is 3.01. The van der Waals surface area contributed by atoms with Crippen molar-refractivity contribution in [3.63, 3.8) is 0 Å². The number of carbonyl (C=O) groups is 1. The summed E-state index contributed by atoms with van der Waals surface area (Å²) in [6.45, 7) is 1.97. The summed E-state index contributed by atoms with van der Waals surface area (Å²) in [6.07, 6.45) is 1.61. The Hall–Kier alpha value is -1.43. The summed E-state index contributed by atoms with van der Waals surface area (Å²) in [5, 5.41) is 2.85. The van der Waals surface area contributed by atoms with Gasteiger partial charge in [-0.25, -0.2) is 0 Å². The molecule has 0 unspecified atom stereocenters. The summed E-state index contributed by atoms with van der Waals surface area (Å²) >= 11 is 2.24. The van der Waals surface area contributed by atoms with Crippen molar-refractivity contribution in [3.8, 4) is 0 Å². The lowest BCUT2D eigenvalue weighted by Gasteiger charge is -2.08. The van der Waals surface area contributed by atoms with E-state index in [4.69, 9.17) is 0 Å². The van der Waals surface area contributed by atoms with E-state index in [1.54, 1.807) is 24.4 Å². The number of amides is 1. The van der Waals surface area contributed by atoms with Crippen LogP contribution in [0, 0.1) is 10.5 Å². The maximum atomic E-state index is 11.9. The van der Waals surface area contributed by atoms with Crippen LogP contribution in [0.3, 0.4) is 0 Å². The number of carbonyl (C=O) groups excluding carboxylic acids is 1. The number of aromatic nitrogens is 1. The minimum absolute atomic E-state index is 0.185. The van der Waals surface area contributed by atoms with Crippen molar-refractivity contribution in [1.29, 1.82) is 0 Å². The lowest BCUT2D eigenvalue weighted by atomic mass is 10.2. The van der Waals surface area contributed by atoms with Crippen molar-refractivity contribution in [1.82, 2.24) is 4.98 Å². The Morgan fingerprint density at radius 3 is 2.76 bits per heavy atom. The Labute approximate surface area is 113 Å². The van der Waals surface area contributed by atoms with Crippen LogP contribution in [0.1, 0.15) is 16.1 Å². The number of hydrogen-bond donors (Lipinski definition) is 1. The number of halogens is 1. The van der Waals surface area contributed by atoms with Gasteiger partial charge in [-0.1, -0.05) is 6.07 Å². The summed E-state index contributed by atoms with van der Waals surface area (Å²) in [4.78, 5) is 15.9. The van der Waals surface area contributed by atoms with Crippen LogP contribution < -0.4 is 5.32 Å². The average molecular weight is 338 g/mol. The number of anilines is 1. The van der Waals surface area contributed by atoms with Gasteiger partial charge in [-0.05, 0) is 65.4 Å². The fourth-order valence-electron chi connectivity index (χ4n) is 1.45. The van der Waals surface area contributed by atoms with Gasteiger partial charge in [0.15, 0.2) is 0 Å². The van der Waals surface area contributed by atoms with Crippen molar-refractivity contribution in [3.05, 3.63) is 57.4 Å². The molecule has 4 heteroatoms. The Kier molecular flexibility index (Phi) is 3.73. The second kappa shape index (κ2) is 5.27. The number of rotatable bonds is 2. The lowest BCUT2D eigenvalue weighted by molar-refractivity contribution is 0.102. The first-order valence-corrected chi connectivity index (χ1v) is 6.23. The topological polar surface area (TPSA) is 42.0 Å². The van der Waals surface area contributed by atoms with Gasteiger partial charge < -0.3 is 5.32 Å². The van der Waals surface area contributed by atoms with Gasteiger partial charge in [0.2, 0.25) is 0 Å². The molecule has 0 spiro atoms. The Bertz CT molecular complexity index is 540. The first-order chi connectivity index (χ1) is 8.16. The predicted molar refractivity (Wildman–Crippen MR) is 76.1 cm³/mol. The third-order valence-electron chi connectivity index (χ3n) is 2.33. The molecule has 0 saturated heterocycles. The monoisotopic (exact) mass is 338 g/mol. The number of benzene rings is 1. The van der Waals surface area contributed by atoms with Crippen molar-refractivity contribution < 1.29 is 4.79 Å². The quantitative estimate of drug-likeness (QED) is 0.854. The Morgan fingerprint density at radius 2 is 2.12 bits per heavy atom. The molecule has 86 valence electrons. The second-order valence-corrected chi connectivity index (χ2v) is 4.87. The van der Waals surface area contributed by atoms with Gasteiger partial charge in [0, 0.05) is 15.5 Å². The molecule has 1 aromatic heterocycles. The average Bonchev–Trinajstić information content (AvgIpc) is 2.34. The lowest BCUT2D eigenvalue weighted by Crippen LogP contribution is -2.14. The maximum absolute atomic E-state index is 11.9. The third kappa shape index (κ3) is 3.03. The smallest absolute Gasteiger partial charge is 0.274 e. The van der Waals surface area contributed by atoms with E-state index < -0.39 is 0 Å². The molecule has 0 aliphatic heterocycles. The molecule has 0 bridgehead atoms. The highest BCUT2D eigenvalue weighted by Crippen LogP contribution is 2.18. The SMILES string of the molecule is Cc1cc(I)ccc1NC(=O)c1ccccn1. The van der Waals surface area contributed by atoms with Crippen LogP contribution in [-0.2, 0) is 0 Å². The van der Waals surface area contributed by atoms with Crippen molar-refractivity contribution in [2.24, 2.45) is 0 Å². The largest absolute Gasteiger partial charge is 0.320 e. The van der Waals surface area contributed by atoms with Crippen LogP contribution in [0.15, 0.2) is 42.6 Å². The van der Waals surface area contributed by atoms with Crippen LogP contribution in [-0.4, -0.2) is 10.9 Å². The van der Waals surface area contributed by atoms with Crippen LogP contribution >= 0.6 is 22.6 Å². The number of hydrogen-bond acceptors (Lipinski definition) is 2. The molecular weight excluding hydrogens is 327 g/mol. The van der Waals surface area contributed by atoms with Crippen LogP contribution in [0.2, 0.25) is 0 Å². The van der Waals surface area contributed by atoms with E-state index in [1.807, 2.05) is 25.1 Å². The Balaban J connectivity index is 2.19. The molecule has 0 atom stereocenters. The molecule has 0 aliphatic carbocycles. The summed E-state index contributed by atoms with van der Waals surface area (Å²) < 4.78 is 1.15. The van der Waals surface area contributed by atoms with Crippen LogP contribution in [0.5, 0.6) is 0 Å². The highest BCUT2D eigenvalue weighted by atomic mass is 127. The summed E-state index contributed by atoms with van der Waals surface area (Å²) in [5.41, 5.74) is 2.28. The van der Waals surface area contributed by atoms with Gasteiger partial charge in [0.1, 0.15) is 5.69 Å². The molecule has 0 radical (unpaired) electrons. The van der Waals surface area contributed by atoms with E-state index in [-0.39, 0.29) is 5.91 Å². The number of nitrogens with zero attached hydrogens (tertiary/aromatic N) is 1. The van der Waals surface area contributed by atoms with Crippen LogP contribution in [0.4, 0.5) is 5.69 Å². The van der Waals surface area contributed by atoms with E-state index >= 15 is 0 Å². The summed E-state index contributed by atoms with van der Waals surface area (Å²) in [7, 11) is 0. The molecule has 1 heterocycles. The van der Waals surface area contributed by atoms with Gasteiger partial charge in [-0.3, -0.25) is 9.78 Å². The van der Waals surface area contributed by atoms with Gasteiger partial charge in [-0.2, -0.15) is 0 Å². The fourth-order valence-corrected chi connectivity index (χ4v) is 2.10. The van der Waals surface area contributed by atoms with Crippen molar-refractivity contribution in [2.75, 3.05) is 5.32 Å². The molecule has 3 nitrogen and oxygen atoms in total. The molecule has 1 amide bonds. The normalized spacial score (nSPS) is 10.0. The van der Waals surface area contributed by atoms with Crippen LogP contribution in [0.25, 0.3) is 0 Å². The molecule has 17 heavy (non-hydrogen) atoms. The zero-order chi connectivity index (χ0) is 12.3. The van der Waals surface area contributed by atoms with Gasteiger partial charge in [0.05, 0.1) is 0 Å². The molecule has 0 fully saturated rings. The van der Waals surface area contributed by atoms with E-state index in [1.165, 1.54) is 0 Å². The fraction of sp³-hybridized carbons (Fsp3) is 0.0769. The summed E-state index contributed by atoms with van der Waals surface area (Å²) in [5.74, 6) is -0.185. The molecule has 1 aromatic carbocycles. The first kappa shape index (κ1) is 12.0. The predicted octanol–water partition coefficient (Wildman–Crippen LogP) is 3.25. The first-order valence-electron chi connectivity index (χ1n) is 5.15. The van der Waals surface area contributed by atoms with Gasteiger partial charge in [0.25, 0.3) is 5.91 Å². The molecule has 1 N–H and O–H groups in total. The van der Waals surface area contributed by atoms with E-state index in [0.29, 0.717) is 5.69 Å². The van der Waals surface area contributed by atoms with E-state index in [0.717, 1.165) is 14.8 Å². The maximum Gasteiger partial charge on any atom is 0.274 e. The van der Waals surface area contributed by atoms with E-state index in [9.17, 15) is 4.79 Å². The zero-order valence-corrected chi connectivity index (χ0v) is 11.4. The van der Waals surface area contributed by atoms with Gasteiger partial charge in [-0.15, -0.1) is 0 Å². The minimum atomic E-state index is -0.185. The highest BCUT2D eigenvalue weighted by Gasteiger charge is 2.08. The van der Waals surface area contributed by atoms with E-state index in [2.05, 4.69) is 32.9 Å². The zero-order valence-electron chi connectivity index (χ0n) is 9.27. The Morgan fingerprint density at radius 1 is 1.29 bits per heavy atom. The molecule has 2 aromatic rings. The van der Waals surface area contributed by atoms with Crippen molar-refractivity contribution in [2.45, 2.75) is 6.92 Å². The number of nitrogens with one attached hydrogen (secondary N) is 1. The number of aryl methyl sites for hydroxylation is 1.